The van der Waals surface area contributed by atoms with Crippen LogP contribution in [-0.2, 0) is 9.59 Å². The Morgan fingerprint density at radius 2 is 1.87 bits per heavy atom. The third-order valence-electron chi connectivity index (χ3n) is 3.48. The standard InChI is InChI=1S/C11H17NO3/c13-10(8-5-9(8)11(14)15)12-6-7-3-1-2-4-7/h7-9H,1-6H2,(H,12,13)(H,14,15)/t8-,9+/m1/s1. The third kappa shape index (κ3) is 2.49. The minimum atomic E-state index is -0.837. The first-order chi connectivity index (χ1) is 7.18. The Bertz CT molecular complexity index is 271. The minimum Gasteiger partial charge on any atom is -0.481 e. The number of carboxylic acid groups (broad SMARTS) is 1. The fourth-order valence-corrected chi connectivity index (χ4v) is 2.35. The van der Waals surface area contributed by atoms with Crippen molar-refractivity contribution in [2.75, 3.05) is 6.54 Å². The molecule has 0 aromatic carbocycles. The summed E-state index contributed by atoms with van der Waals surface area (Å²) in [5, 5.41) is 11.5. The number of carboxylic acids is 1. The molecule has 0 spiro atoms. The predicted molar refractivity (Wildman–Crippen MR) is 54.2 cm³/mol. The Hall–Kier alpha value is -1.06. The lowest BCUT2D eigenvalue weighted by Crippen LogP contribution is -2.30. The van der Waals surface area contributed by atoms with Crippen LogP contribution in [0.2, 0.25) is 0 Å². The Morgan fingerprint density at radius 3 is 2.40 bits per heavy atom. The first-order valence-electron chi connectivity index (χ1n) is 5.69. The van der Waals surface area contributed by atoms with Gasteiger partial charge < -0.3 is 10.4 Å². The van der Waals surface area contributed by atoms with E-state index in [2.05, 4.69) is 5.32 Å². The second-order valence-corrected chi connectivity index (χ2v) is 4.68. The number of carbonyl (C=O) groups is 2. The minimum absolute atomic E-state index is 0.0608. The predicted octanol–water partition coefficient (Wildman–Crippen LogP) is 1.01. The monoisotopic (exact) mass is 211 g/mol. The van der Waals surface area contributed by atoms with Crippen molar-refractivity contribution in [3.8, 4) is 0 Å². The van der Waals surface area contributed by atoms with Crippen molar-refractivity contribution < 1.29 is 14.7 Å². The van der Waals surface area contributed by atoms with Crippen LogP contribution in [0.4, 0.5) is 0 Å². The largest absolute Gasteiger partial charge is 0.481 e. The van der Waals surface area contributed by atoms with Gasteiger partial charge in [0.2, 0.25) is 5.91 Å². The quantitative estimate of drug-likeness (QED) is 0.729. The summed E-state index contributed by atoms with van der Waals surface area (Å²) >= 11 is 0. The van der Waals surface area contributed by atoms with Crippen molar-refractivity contribution in [1.82, 2.24) is 5.32 Å². The third-order valence-corrected chi connectivity index (χ3v) is 3.48. The van der Waals surface area contributed by atoms with E-state index in [1.165, 1.54) is 25.7 Å². The maximum atomic E-state index is 11.5. The normalized spacial score (nSPS) is 30.1. The zero-order valence-corrected chi connectivity index (χ0v) is 8.74. The average Bonchev–Trinajstić information content (AvgIpc) is 2.85. The van der Waals surface area contributed by atoms with E-state index in [-0.39, 0.29) is 11.8 Å². The lowest BCUT2D eigenvalue weighted by atomic mass is 10.1. The molecule has 2 rings (SSSR count). The van der Waals surface area contributed by atoms with Crippen molar-refractivity contribution in [2.24, 2.45) is 17.8 Å². The van der Waals surface area contributed by atoms with E-state index in [9.17, 15) is 9.59 Å². The maximum Gasteiger partial charge on any atom is 0.307 e. The molecule has 0 saturated heterocycles. The summed E-state index contributed by atoms with van der Waals surface area (Å²) in [6, 6.07) is 0. The van der Waals surface area contributed by atoms with Crippen molar-refractivity contribution >= 4 is 11.9 Å². The van der Waals surface area contributed by atoms with Crippen LogP contribution >= 0.6 is 0 Å². The molecule has 0 heterocycles. The molecule has 2 aliphatic rings. The number of nitrogens with one attached hydrogen (secondary N) is 1. The number of hydrogen-bond acceptors (Lipinski definition) is 2. The lowest BCUT2D eigenvalue weighted by molar-refractivity contribution is -0.140. The maximum absolute atomic E-state index is 11.5. The van der Waals surface area contributed by atoms with Gasteiger partial charge in [0, 0.05) is 6.54 Å². The van der Waals surface area contributed by atoms with Crippen molar-refractivity contribution in [2.45, 2.75) is 32.1 Å². The smallest absolute Gasteiger partial charge is 0.307 e. The summed E-state index contributed by atoms with van der Waals surface area (Å²) < 4.78 is 0. The van der Waals surface area contributed by atoms with Gasteiger partial charge in [-0.3, -0.25) is 9.59 Å². The Morgan fingerprint density at radius 1 is 1.20 bits per heavy atom. The van der Waals surface area contributed by atoms with Gasteiger partial charge in [0.1, 0.15) is 0 Å². The van der Waals surface area contributed by atoms with Crippen molar-refractivity contribution in [3.05, 3.63) is 0 Å². The van der Waals surface area contributed by atoms with Crippen LogP contribution in [0.15, 0.2) is 0 Å². The van der Waals surface area contributed by atoms with Gasteiger partial charge >= 0.3 is 5.97 Å². The van der Waals surface area contributed by atoms with Gasteiger partial charge in [-0.15, -0.1) is 0 Å². The first kappa shape index (κ1) is 10.5. The van der Waals surface area contributed by atoms with Crippen LogP contribution in [0.1, 0.15) is 32.1 Å². The zero-order valence-electron chi connectivity index (χ0n) is 8.74. The van der Waals surface area contributed by atoms with Gasteiger partial charge in [0.25, 0.3) is 0 Å². The molecule has 1 amide bonds. The molecule has 0 aromatic heterocycles. The highest BCUT2D eigenvalue weighted by Crippen LogP contribution is 2.38. The van der Waals surface area contributed by atoms with Gasteiger partial charge in [0.05, 0.1) is 11.8 Å². The number of aliphatic carboxylic acids is 1. The van der Waals surface area contributed by atoms with E-state index in [0.717, 1.165) is 6.54 Å². The van der Waals surface area contributed by atoms with E-state index in [1.807, 2.05) is 0 Å². The summed E-state index contributed by atoms with van der Waals surface area (Å²) in [5.74, 6) is -0.959. The van der Waals surface area contributed by atoms with Crippen LogP contribution in [0, 0.1) is 17.8 Å². The van der Waals surface area contributed by atoms with E-state index in [4.69, 9.17) is 5.11 Å². The molecule has 4 heteroatoms. The second-order valence-electron chi connectivity index (χ2n) is 4.68. The van der Waals surface area contributed by atoms with Crippen LogP contribution in [-0.4, -0.2) is 23.5 Å². The van der Waals surface area contributed by atoms with Crippen LogP contribution in [0.3, 0.4) is 0 Å². The molecule has 84 valence electrons. The number of hydrogen-bond donors (Lipinski definition) is 2. The Balaban J connectivity index is 1.67. The van der Waals surface area contributed by atoms with E-state index in [1.54, 1.807) is 0 Å². The highest BCUT2D eigenvalue weighted by atomic mass is 16.4. The van der Waals surface area contributed by atoms with E-state index >= 15 is 0 Å². The summed E-state index contributed by atoms with van der Waals surface area (Å²) in [6.07, 6.45) is 5.45. The average molecular weight is 211 g/mol. The van der Waals surface area contributed by atoms with Crippen LogP contribution in [0.25, 0.3) is 0 Å². The molecular formula is C11H17NO3. The van der Waals surface area contributed by atoms with Gasteiger partial charge in [0.15, 0.2) is 0 Å². The van der Waals surface area contributed by atoms with Gasteiger partial charge in [-0.05, 0) is 25.2 Å². The number of carbonyl (C=O) groups excluding carboxylic acids is 1. The molecular weight excluding hydrogens is 194 g/mol. The van der Waals surface area contributed by atoms with E-state index in [0.29, 0.717) is 12.3 Å². The molecule has 2 saturated carbocycles. The molecule has 2 aliphatic carbocycles. The van der Waals surface area contributed by atoms with Gasteiger partial charge in [-0.2, -0.15) is 0 Å². The summed E-state index contributed by atoms with van der Waals surface area (Å²) in [7, 11) is 0. The molecule has 2 fully saturated rings. The summed E-state index contributed by atoms with van der Waals surface area (Å²) in [5.41, 5.74) is 0. The molecule has 4 nitrogen and oxygen atoms in total. The second kappa shape index (κ2) is 4.21. The number of amides is 1. The lowest BCUT2D eigenvalue weighted by Gasteiger charge is -2.09. The Kier molecular flexibility index (Phi) is 2.93. The highest BCUT2D eigenvalue weighted by molar-refractivity contribution is 5.89. The van der Waals surface area contributed by atoms with Crippen LogP contribution in [0.5, 0.6) is 0 Å². The highest BCUT2D eigenvalue weighted by Gasteiger charge is 2.48. The summed E-state index contributed by atoms with van der Waals surface area (Å²) in [6.45, 7) is 0.738. The molecule has 2 N–H and O–H groups in total. The molecule has 0 bridgehead atoms. The SMILES string of the molecule is O=C(O)[C@H]1C[C@H]1C(=O)NCC1CCCC1. The van der Waals surface area contributed by atoms with Crippen molar-refractivity contribution in [3.63, 3.8) is 0 Å². The molecule has 0 aromatic rings. The van der Waals surface area contributed by atoms with Crippen LogP contribution < -0.4 is 5.32 Å². The molecule has 0 aliphatic heterocycles. The first-order valence-corrected chi connectivity index (χ1v) is 5.69. The van der Waals surface area contributed by atoms with Gasteiger partial charge in [-0.25, -0.2) is 0 Å². The number of rotatable bonds is 4. The molecule has 0 radical (unpaired) electrons. The molecule has 15 heavy (non-hydrogen) atoms. The van der Waals surface area contributed by atoms with Crippen molar-refractivity contribution in [1.29, 1.82) is 0 Å². The molecule has 0 unspecified atom stereocenters. The van der Waals surface area contributed by atoms with Gasteiger partial charge in [-0.1, -0.05) is 12.8 Å². The molecule has 2 atom stereocenters. The zero-order chi connectivity index (χ0) is 10.8. The fraction of sp³-hybridized carbons (Fsp3) is 0.818. The Labute approximate surface area is 89.0 Å². The summed E-state index contributed by atoms with van der Waals surface area (Å²) in [4.78, 5) is 22.1. The fourth-order valence-electron chi connectivity index (χ4n) is 2.35. The van der Waals surface area contributed by atoms with E-state index < -0.39 is 11.9 Å². The topological polar surface area (TPSA) is 66.4 Å².